The largest absolute Gasteiger partial charge is 0.277 e. The van der Waals surface area contributed by atoms with Gasteiger partial charge in [0.1, 0.15) is 0 Å². The first-order valence-electron chi connectivity index (χ1n) is 21.1. The van der Waals surface area contributed by atoms with Crippen LogP contribution in [0.2, 0.25) is 0 Å². The van der Waals surface area contributed by atoms with Gasteiger partial charge in [0.15, 0.2) is 0 Å². The predicted octanol–water partition coefficient (Wildman–Crippen LogP) is 8.77. The second-order valence-corrected chi connectivity index (χ2v) is 17.1. The van der Waals surface area contributed by atoms with Crippen molar-refractivity contribution in [3.63, 3.8) is 0 Å². The van der Waals surface area contributed by atoms with Gasteiger partial charge in [0.2, 0.25) is 0 Å². The molecule has 0 saturated heterocycles. The van der Waals surface area contributed by atoms with Crippen molar-refractivity contribution in [1.29, 1.82) is 0 Å². The molecule has 14 rings (SSSR count). The van der Waals surface area contributed by atoms with Crippen LogP contribution in [0, 0.1) is 0 Å². The first-order valence-corrected chi connectivity index (χ1v) is 21.1. The van der Waals surface area contributed by atoms with Crippen molar-refractivity contribution in [2.24, 2.45) is 0 Å². The first-order chi connectivity index (χ1) is 31.3. The van der Waals surface area contributed by atoms with Crippen LogP contribution in [-0.2, 0) is 0 Å². The zero-order valence-corrected chi connectivity index (χ0v) is 35.0. The number of nitrogens with zero attached hydrogens (tertiary/aromatic N) is 4. The van der Waals surface area contributed by atoms with Crippen LogP contribution in [0.3, 0.4) is 0 Å². The van der Waals surface area contributed by atoms with Crippen LogP contribution in [0.1, 0.15) is 89.8 Å². The van der Waals surface area contributed by atoms with Crippen LogP contribution in [-0.4, -0.2) is 94.5 Å². The topological polar surface area (TPSA) is 150 Å². The molecule has 0 bridgehead atoms. The fourth-order valence-corrected chi connectivity index (χ4v) is 11.2. The second-order valence-electron chi connectivity index (χ2n) is 17.1. The van der Waals surface area contributed by atoms with E-state index in [9.17, 15) is 38.4 Å². The molecule has 0 radical (unpaired) electrons. The molecular formula is C53H30N4O8. The van der Waals surface area contributed by atoms with Gasteiger partial charge in [-0.1, -0.05) is 48.5 Å². The van der Waals surface area contributed by atoms with Crippen LogP contribution in [0.15, 0.2) is 97.1 Å². The number of fused-ring (bicyclic) bond motifs is 4. The Balaban J connectivity index is 0.000000130. The first kappa shape index (κ1) is 37.0. The molecule has 0 fully saturated rings. The summed E-state index contributed by atoms with van der Waals surface area (Å²) < 4.78 is 0. The van der Waals surface area contributed by atoms with E-state index >= 15 is 0 Å². The Morgan fingerprint density at radius 2 is 0.431 bits per heavy atom. The van der Waals surface area contributed by atoms with Crippen molar-refractivity contribution in [2.45, 2.75) is 6.92 Å². The molecule has 0 aromatic heterocycles. The molecule has 0 aliphatic carbocycles. The second kappa shape index (κ2) is 12.1. The molecule has 0 atom stereocenters. The van der Waals surface area contributed by atoms with Gasteiger partial charge < -0.3 is 0 Å². The van der Waals surface area contributed by atoms with Crippen LogP contribution < -0.4 is 0 Å². The molecule has 12 heteroatoms. The molecule has 65 heavy (non-hydrogen) atoms. The zero-order valence-electron chi connectivity index (χ0n) is 35.0. The van der Waals surface area contributed by atoms with Crippen LogP contribution in [0.4, 0.5) is 0 Å². The van der Waals surface area contributed by atoms with Crippen molar-refractivity contribution in [3.8, 4) is 0 Å². The quantitative estimate of drug-likeness (QED) is 0.0904. The van der Waals surface area contributed by atoms with E-state index in [1.165, 1.54) is 26.0 Å². The smallest absolute Gasteiger partial charge is 0.261 e. The van der Waals surface area contributed by atoms with Crippen LogP contribution in [0.5, 0.6) is 0 Å². The van der Waals surface area contributed by atoms with E-state index in [0.717, 1.165) is 79.3 Å². The highest BCUT2D eigenvalue weighted by molar-refractivity contribution is 6.43. The molecule has 0 saturated carbocycles. The highest BCUT2D eigenvalue weighted by Crippen LogP contribution is 2.48. The molecule has 10 aromatic carbocycles. The number of hydrogen-bond acceptors (Lipinski definition) is 8. The molecule has 4 heterocycles. The lowest BCUT2D eigenvalue weighted by atomic mass is 9.82. The minimum atomic E-state index is -0.318. The summed E-state index contributed by atoms with van der Waals surface area (Å²) in [5.74, 6) is -2.47. The summed E-state index contributed by atoms with van der Waals surface area (Å²) in [5, 5.41) is 13.2. The van der Waals surface area contributed by atoms with Gasteiger partial charge in [0.25, 0.3) is 47.3 Å². The van der Waals surface area contributed by atoms with E-state index in [4.69, 9.17) is 0 Å². The molecule has 4 aliphatic heterocycles. The molecule has 0 N–H and O–H groups in total. The third kappa shape index (κ3) is 4.22. The van der Waals surface area contributed by atoms with Crippen molar-refractivity contribution in [3.05, 3.63) is 142 Å². The maximum Gasteiger partial charge on any atom is 0.261 e. The molecule has 310 valence electrons. The molecule has 4 aliphatic rings. The molecule has 0 unspecified atom stereocenters. The standard InChI is InChI=1S/C27H16N2O4.C26H14N2O4/c1-3-29-26(32)18-10-6-14-12-4-8-16-22-17(25(31)28(2)24(16)30)9-5-13(20(12)22)15-7-11-19(27(29)33)23(18)21(14)15;1-27-23(29)15-7-3-11-13-5-9-17-22-18(26(32)28(2)25(17)31)10-6-14(20(13)22)12-4-8-16(24(27)30)21(15)19(11)12/h4-11H,3H2,1-2H3;3-10H,1-2H3. The van der Waals surface area contributed by atoms with E-state index in [1.54, 1.807) is 55.5 Å². The Hall–Kier alpha value is -8.64. The molecule has 0 spiro atoms. The zero-order chi connectivity index (χ0) is 44.8. The number of benzene rings is 10. The van der Waals surface area contributed by atoms with E-state index in [-0.39, 0.29) is 47.3 Å². The average molecular weight is 851 g/mol. The highest BCUT2D eigenvalue weighted by atomic mass is 16.2. The van der Waals surface area contributed by atoms with Crippen molar-refractivity contribution >= 4 is 133 Å². The minimum absolute atomic E-state index is 0.283. The van der Waals surface area contributed by atoms with Gasteiger partial charge in [0, 0.05) is 93.7 Å². The normalized spacial score (nSPS) is 15.9. The third-order valence-electron chi connectivity index (χ3n) is 14.3. The number of amides is 8. The number of hydrogen-bond donors (Lipinski definition) is 0. The Bertz CT molecular complexity index is 3740. The van der Waals surface area contributed by atoms with E-state index in [2.05, 4.69) is 0 Å². The lowest BCUT2D eigenvalue weighted by molar-refractivity contribution is 0.0609. The summed E-state index contributed by atoms with van der Waals surface area (Å²) in [6.07, 6.45) is 0. The maximum absolute atomic E-state index is 13.1. The van der Waals surface area contributed by atoms with Crippen molar-refractivity contribution < 1.29 is 38.4 Å². The summed E-state index contributed by atoms with van der Waals surface area (Å²) in [7, 11) is 4.49. The van der Waals surface area contributed by atoms with Gasteiger partial charge in [-0.25, -0.2) is 0 Å². The minimum Gasteiger partial charge on any atom is -0.277 e. The Labute approximate surface area is 366 Å². The van der Waals surface area contributed by atoms with Crippen LogP contribution in [0.25, 0.3) is 86.2 Å². The summed E-state index contributed by atoms with van der Waals surface area (Å²) in [4.78, 5) is 108. The lowest BCUT2D eigenvalue weighted by Crippen LogP contribution is -2.40. The third-order valence-corrected chi connectivity index (χ3v) is 14.3. The monoisotopic (exact) mass is 850 g/mol. The van der Waals surface area contributed by atoms with Crippen molar-refractivity contribution in [2.75, 3.05) is 27.7 Å². The summed E-state index contributed by atoms with van der Waals surface area (Å²) in [5.41, 5.74) is 4.07. The van der Waals surface area contributed by atoms with Crippen molar-refractivity contribution in [1.82, 2.24) is 19.6 Å². The van der Waals surface area contributed by atoms with Crippen LogP contribution >= 0.6 is 0 Å². The lowest BCUT2D eigenvalue weighted by Gasteiger charge is -2.28. The van der Waals surface area contributed by atoms with Gasteiger partial charge >= 0.3 is 0 Å². The van der Waals surface area contributed by atoms with Gasteiger partial charge in [-0.15, -0.1) is 0 Å². The maximum atomic E-state index is 13.1. The van der Waals surface area contributed by atoms with Gasteiger partial charge in [-0.2, -0.15) is 0 Å². The summed E-state index contributed by atoms with van der Waals surface area (Å²) in [6, 6.07) is 29.4. The summed E-state index contributed by atoms with van der Waals surface area (Å²) >= 11 is 0. The average Bonchev–Trinajstić information content (AvgIpc) is 3.33. The molecule has 12 nitrogen and oxygen atoms in total. The number of carbonyl (C=O) groups excluding carboxylic acids is 8. The Morgan fingerprint density at radius 1 is 0.262 bits per heavy atom. The summed E-state index contributed by atoms with van der Waals surface area (Å²) in [6.45, 7) is 2.10. The molecular weight excluding hydrogens is 821 g/mol. The Kier molecular flexibility index (Phi) is 6.87. The van der Waals surface area contributed by atoms with Gasteiger partial charge in [-0.05, 0) is 120 Å². The number of carbonyl (C=O) groups is 8. The van der Waals surface area contributed by atoms with Gasteiger partial charge in [0.05, 0.1) is 0 Å². The van der Waals surface area contributed by atoms with E-state index in [1.807, 2.05) is 48.5 Å². The number of imide groups is 4. The molecule has 8 amide bonds. The van der Waals surface area contributed by atoms with E-state index in [0.29, 0.717) is 72.6 Å². The Morgan fingerprint density at radius 3 is 0.600 bits per heavy atom. The molecule has 10 aromatic rings. The SMILES string of the molecule is CCN1C(=O)c2ccc3c4ccc5c6c(ccc(c7ccc(c2c37)C1=O)c64)C(=O)N(C)C5=O.CN1C(=O)c2ccc3c4ccc5c6c(ccc(c7ccc(c2c37)C1=O)c64)C(=O)N(C)C5=O. The number of rotatable bonds is 1. The van der Waals surface area contributed by atoms with E-state index < -0.39 is 0 Å². The fraction of sp³-hybridized carbons (Fsp3) is 0.0943. The predicted molar refractivity (Wildman–Crippen MR) is 246 cm³/mol. The fourth-order valence-electron chi connectivity index (χ4n) is 11.2. The highest BCUT2D eigenvalue weighted by Gasteiger charge is 2.37. The van der Waals surface area contributed by atoms with Gasteiger partial charge in [-0.3, -0.25) is 58.0 Å².